The number of hydrogen-bond acceptors (Lipinski definition) is 5. The van der Waals surface area contributed by atoms with Gasteiger partial charge in [0.25, 0.3) is 5.91 Å². The minimum atomic E-state index is -0.384. The molecule has 1 heterocycles. The first-order valence-electron chi connectivity index (χ1n) is 8.69. The zero-order valence-corrected chi connectivity index (χ0v) is 16.9. The van der Waals surface area contributed by atoms with Crippen molar-refractivity contribution in [2.45, 2.75) is 20.8 Å². The van der Waals surface area contributed by atoms with Crippen LogP contribution in [0.3, 0.4) is 0 Å². The number of amides is 1. The van der Waals surface area contributed by atoms with E-state index in [9.17, 15) is 4.79 Å². The maximum Gasteiger partial charge on any atom is 0.275 e. The molecular formula is C21H21ClN4O2. The van der Waals surface area contributed by atoms with Crippen molar-refractivity contribution in [2.75, 3.05) is 17.7 Å². The molecule has 7 heteroatoms. The fourth-order valence-electron chi connectivity index (χ4n) is 2.59. The molecule has 0 bridgehead atoms. The molecule has 1 aromatic heterocycles. The fourth-order valence-corrected chi connectivity index (χ4v) is 2.75. The number of nitrogens with one attached hydrogen (secondary N) is 2. The Morgan fingerprint density at radius 1 is 1.00 bits per heavy atom. The van der Waals surface area contributed by atoms with Gasteiger partial charge in [0, 0.05) is 16.8 Å². The van der Waals surface area contributed by atoms with Gasteiger partial charge in [0.1, 0.15) is 17.3 Å². The van der Waals surface area contributed by atoms with Gasteiger partial charge in [0.2, 0.25) is 0 Å². The lowest BCUT2D eigenvalue weighted by atomic mass is 10.1. The molecule has 2 aromatic carbocycles. The third-order valence-corrected chi connectivity index (χ3v) is 4.80. The zero-order chi connectivity index (χ0) is 20.3. The normalized spacial score (nSPS) is 10.5. The highest BCUT2D eigenvalue weighted by atomic mass is 35.5. The summed E-state index contributed by atoms with van der Waals surface area (Å²) in [7, 11) is 1.52. The summed E-state index contributed by atoms with van der Waals surface area (Å²) in [5, 5.41) is 6.53. The first-order chi connectivity index (χ1) is 13.4. The molecule has 0 atom stereocenters. The van der Waals surface area contributed by atoms with E-state index in [2.05, 4.69) is 27.5 Å². The summed E-state index contributed by atoms with van der Waals surface area (Å²) >= 11 is 6.10. The third-order valence-electron chi connectivity index (χ3n) is 4.39. The van der Waals surface area contributed by atoms with Crippen LogP contribution < -0.4 is 15.4 Å². The van der Waals surface area contributed by atoms with Crippen LogP contribution in [-0.4, -0.2) is 23.0 Å². The monoisotopic (exact) mass is 396 g/mol. The Hall–Kier alpha value is -3.12. The zero-order valence-electron chi connectivity index (χ0n) is 16.1. The van der Waals surface area contributed by atoms with E-state index in [1.54, 1.807) is 12.1 Å². The van der Waals surface area contributed by atoms with Crippen LogP contribution in [-0.2, 0) is 0 Å². The van der Waals surface area contributed by atoms with Crippen LogP contribution >= 0.6 is 11.6 Å². The lowest BCUT2D eigenvalue weighted by molar-refractivity contribution is 0.102. The second kappa shape index (κ2) is 8.27. The minimum absolute atomic E-state index is 0.195. The Bertz CT molecular complexity index is 1020. The van der Waals surface area contributed by atoms with Crippen molar-refractivity contribution < 1.29 is 9.53 Å². The molecule has 0 aliphatic carbocycles. The van der Waals surface area contributed by atoms with Crippen LogP contribution in [0.2, 0.25) is 5.02 Å². The largest absolute Gasteiger partial charge is 0.495 e. The SMILES string of the molecule is COc1cc(Cl)c(C)cc1NC(=O)c1cnc(Nc2ccc(C)c(C)c2)cn1. The Morgan fingerprint density at radius 3 is 2.43 bits per heavy atom. The molecule has 0 fully saturated rings. The predicted molar refractivity (Wildman–Crippen MR) is 112 cm³/mol. The molecule has 0 saturated carbocycles. The summed E-state index contributed by atoms with van der Waals surface area (Å²) in [5.41, 5.74) is 4.86. The van der Waals surface area contributed by atoms with Gasteiger partial charge in [0.15, 0.2) is 0 Å². The number of anilines is 3. The predicted octanol–water partition coefficient (Wildman–Crippen LogP) is 5.06. The molecule has 6 nitrogen and oxygen atoms in total. The summed E-state index contributed by atoms with van der Waals surface area (Å²) in [6.45, 7) is 5.96. The van der Waals surface area contributed by atoms with Gasteiger partial charge >= 0.3 is 0 Å². The van der Waals surface area contributed by atoms with Crippen molar-refractivity contribution in [1.29, 1.82) is 0 Å². The fraction of sp³-hybridized carbons (Fsp3) is 0.190. The lowest BCUT2D eigenvalue weighted by Crippen LogP contribution is -2.15. The smallest absolute Gasteiger partial charge is 0.275 e. The van der Waals surface area contributed by atoms with Crippen LogP contribution in [0.5, 0.6) is 5.75 Å². The molecule has 3 aromatic rings. The lowest BCUT2D eigenvalue weighted by Gasteiger charge is -2.12. The van der Waals surface area contributed by atoms with Crippen molar-refractivity contribution in [3.63, 3.8) is 0 Å². The molecule has 2 N–H and O–H groups in total. The van der Waals surface area contributed by atoms with E-state index in [4.69, 9.17) is 16.3 Å². The maximum atomic E-state index is 12.5. The number of nitrogens with zero attached hydrogens (tertiary/aromatic N) is 2. The molecule has 0 aliphatic rings. The van der Waals surface area contributed by atoms with Crippen molar-refractivity contribution in [2.24, 2.45) is 0 Å². The Kier molecular flexibility index (Phi) is 5.80. The number of halogens is 1. The molecule has 0 saturated heterocycles. The minimum Gasteiger partial charge on any atom is -0.495 e. The van der Waals surface area contributed by atoms with Crippen LogP contribution in [0.15, 0.2) is 42.7 Å². The van der Waals surface area contributed by atoms with Crippen LogP contribution in [0.25, 0.3) is 0 Å². The van der Waals surface area contributed by atoms with E-state index in [0.717, 1.165) is 11.3 Å². The number of benzene rings is 2. The number of rotatable bonds is 5. The van der Waals surface area contributed by atoms with E-state index in [1.807, 2.05) is 32.0 Å². The number of methoxy groups -OCH3 is 1. The summed E-state index contributed by atoms with van der Waals surface area (Å²) in [6.07, 6.45) is 2.95. The van der Waals surface area contributed by atoms with Crippen molar-refractivity contribution in [3.05, 3.63) is 70.1 Å². The van der Waals surface area contributed by atoms with Gasteiger partial charge in [-0.15, -0.1) is 0 Å². The van der Waals surface area contributed by atoms with Gasteiger partial charge in [-0.25, -0.2) is 9.97 Å². The van der Waals surface area contributed by atoms with E-state index >= 15 is 0 Å². The van der Waals surface area contributed by atoms with Crippen LogP contribution in [0.4, 0.5) is 17.2 Å². The average molecular weight is 397 g/mol. The van der Waals surface area contributed by atoms with Crippen LogP contribution in [0, 0.1) is 20.8 Å². The van der Waals surface area contributed by atoms with Gasteiger partial charge in [0.05, 0.1) is 25.2 Å². The van der Waals surface area contributed by atoms with Gasteiger partial charge in [-0.1, -0.05) is 17.7 Å². The summed E-state index contributed by atoms with van der Waals surface area (Å²) in [6, 6.07) is 9.46. The highest BCUT2D eigenvalue weighted by Crippen LogP contribution is 2.31. The van der Waals surface area contributed by atoms with Crippen molar-refractivity contribution >= 4 is 34.7 Å². The first kappa shape index (κ1) is 19.6. The number of aryl methyl sites for hydroxylation is 3. The molecule has 3 rings (SSSR count). The number of carbonyl (C=O) groups is 1. The van der Waals surface area contributed by atoms with Crippen molar-refractivity contribution in [3.8, 4) is 5.75 Å². The number of hydrogen-bond donors (Lipinski definition) is 2. The molecule has 0 spiro atoms. The maximum absolute atomic E-state index is 12.5. The Morgan fingerprint density at radius 2 is 1.79 bits per heavy atom. The van der Waals surface area contributed by atoms with Gasteiger partial charge in [-0.05, 0) is 55.7 Å². The summed E-state index contributed by atoms with van der Waals surface area (Å²) < 4.78 is 5.28. The van der Waals surface area contributed by atoms with Crippen LogP contribution in [0.1, 0.15) is 27.2 Å². The Labute approximate surface area is 168 Å². The molecule has 1 amide bonds. The molecule has 28 heavy (non-hydrogen) atoms. The van der Waals surface area contributed by atoms with E-state index in [-0.39, 0.29) is 11.6 Å². The van der Waals surface area contributed by atoms with Gasteiger partial charge in [-0.2, -0.15) is 0 Å². The van der Waals surface area contributed by atoms with E-state index < -0.39 is 0 Å². The second-order valence-electron chi connectivity index (χ2n) is 6.47. The first-order valence-corrected chi connectivity index (χ1v) is 9.07. The van der Waals surface area contributed by atoms with Gasteiger partial charge in [-0.3, -0.25) is 4.79 Å². The average Bonchev–Trinajstić information content (AvgIpc) is 2.68. The highest BCUT2D eigenvalue weighted by molar-refractivity contribution is 6.31. The molecule has 0 radical (unpaired) electrons. The number of ether oxygens (including phenoxy) is 1. The molecule has 144 valence electrons. The standard InChI is InChI=1S/C21H21ClN4O2/c1-12-5-6-15(7-13(12)2)25-20-11-23-18(10-24-20)21(27)26-17-8-14(3)16(22)9-19(17)28-4/h5-11H,1-4H3,(H,24,25)(H,26,27). The molecular weight excluding hydrogens is 376 g/mol. The highest BCUT2D eigenvalue weighted by Gasteiger charge is 2.13. The summed E-state index contributed by atoms with van der Waals surface area (Å²) in [5.74, 6) is 0.648. The van der Waals surface area contributed by atoms with E-state index in [1.165, 1.54) is 30.6 Å². The quantitative estimate of drug-likeness (QED) is 0.630. The number of carbonyl (C=O) groups excluding carboxylic acids is 1. The molecule has 0 unspecified atom stereocenters. The third kappa shape index (κ3) is 4.40. The van der Waals surface area contributed by atoms with E-state index in [0.29, 0.717) is 22.3 Å². The van der Waals surface area contributed by atoms with Crippen molar-refractivity contribution in [1.82, 2.24) is 9.97 Å². The molecule has 0 aliphatic heterocycles. The second-order valence-corrected chi connectivity index (χ2v) is 6.87. The summed E-state index contributed by atoms with van der Waals surface area (Å²) in [4.78, 5) is 21.0. The number of aromatic nitrogens is 2. The topological polar surface area (TPSA) is 76.1 Å². The Balaban J connectivity index is 1.73. The van der Waals surface area contributed by atoms with Gasteiger partial charge < -0.3 is 15.4 Å².